The number of nitrogens with one attached hydrogen (secondary N) is 2. The molecule has 1 aliphatic heterocycles. The molecule has 35 heavy (non-hydrogen) atoms. The average Bonchev–Trinajstić information content (AvgIpc) is 2.89. The summed E-state index contributed by atoms with van der Waals surface area (Å²) in [5.74, 6) is 2.75. The summed E-state index contributed by atoms with van der Waals surface area (Å²) in [6.07, 6.45) is 9.65. The normalized spacial score (nSPS) is 17.0. The van der Waals surface area contributed by atoms with Crippen molar-refractivity contribution in [2.24, 2.45) is 0 Å². The van der Waals surface area contributed by atoms with Gasteiger partial charge in [0.2, 0.25) is 6.29 Å². The van der Waals surface area contributed by atoms with Gasteiger partial charge in [0, 0.05) is 43.7 Å². The molecule has 0 spiro atoms. The molecule has 10 nitrogen and oxygen atoms in total. The molecule has 2 atom stereocenters. The second-order valence-electron chi connectivity index (χ2n) is 7.83. The van der Waals surface area contributed by atoms with E-state index in [0.29, 0.717) is 38.2 Å². The van der Waals surface area contributed by atoms with Crippen LogP contribution in [0.25, 0.3) is 0 Å². The van der Waals surface area contributed by atoms with Crippen molar-refractivity contribution in [3.63, 3.8) is 0 Å². The Morgan fingerprint density at radius 3 is 2.71 bits per heavy atom. The molecule has 2 heterocycles. The number of aliphatic hydroxyl groups excluding tert-OH is 1. The number of nitrogens with zero attached hydrogens (tertiary/aromatic N) is 2. The number of amides is 1. The lowest BCUT2D eigenvalue weighted by molar-refractivity contribution is -0.385. The number of nitro groups is 1. The number of aromatic nitrogens is 1. The summed E-state index contributed by atoms with van der Waals surface area (Å²) in [6, 6.07) is 10.4. The van der Waals surface area contributed by atoms with E-state index in [0.717, 1.165) is 11.1 Å². The lowest BCUT2D eigenvalue weighted by Gasteiger charge is -2.29. The van der Waals surface area contributed by atoms with Crippen LogP contribution < -0.4 is 10.6 Å². The van der Waals surface area contributed by atoms with Gasteiger partial charge in [-0.15, -0.1) is 6.42 Å². The maximum Gasteiger partial charge on any atom is 0.287 e. The standard InChI is InChI=1S/C25H28N4O6/c1-2-18-5-7-19(8-6-18)20-15-22(35-24(16-20)34-14-4-3-13-30)25(31)27-12-11-26-23-10-9-21(17-28-23)29(32)33/h1,5-10,15,17,20,24,30H,3-4,11-14,16H2,(H,26,28)(H,27,31)/t20-,24+/m1/s1. The van der Waals surface area contributed by atoms with E-state index in [1.807, 2.05) is 24.3 Å². The van der Waals surface area contributed by atoms with Crippen molar-refractivity contribution in [3.8, 4) is 12.3 Å². The van der Waals surface area contributed by atoms with Gasteiger partial charge in [-0.2, -0.15) is 0 Å². The first kappa shape index (κ1) is 25.7. The summed E-state index contributed by atoms with van der Waals surface area (Å²) in [7, 11) is 0. The second-order valence-corrected chi connectivity index (χ2v) is 7.83. The maximum atomic E-state index is 12.8. The number of hydrogen-bond donors (Lipinski definition) is 3. The SMILES string of the molecule is C#Cc1ccc([C@@H]2C=C(C(=O)NCCNc3ccc([N+](=O)[O-])cn3)O[C@H](OCCCCO)C2)cc1. The van der Waals surface area contributed by atoms with Crippen LogP contribution in [-0.2, 0) is 14.3 Å². The Balaban J connectivity index is 1.58. The van der Waals surface area contributed by atoms with E-state index in [-0.39, 0.29) is 36.4 Å². The number of allylic oxidation sites excluding steroid dienone is 1. The molecule has 2 aromatic rings. The highest BCUT2D eigenvalue weighted by atomic mass is 16.7. The Labute approximate surface area is 203 Å². The lowest BCUT2D eigenvalue weighted by Crippen LogP contribution is -2.35. The highest BCUT2D eigenvalue weighted by Gasteiger charge is 2.28. The highest BCUT2D eigenvalue weighted by molar-refractivity contribution is 5.91. The molecule has 3 N–H and O–H groups in total. The van der Waals surface area contributed by atoms with Gasteiger partial charge >= 0.3 is 0 Å². The van der Waals surface area contributed by atoms with Crippen molar-refractivity contribution in [1.29, 1.82) is 0 Å². The third kappa shape index (κ3) is 7.81. The molecule has 1 aromatic carbocycles. The first-order chi connectivity index (χ1) is 17.0. The number of carbonyl (C=O) groups is 1. The molecular formula is C25H28N4O6. The topological polar surface area (TPSA) is 136 Å². The summed E-state index contributed by atoms with van der Waals surface area (Å²) in [5, 5.41) is 25.5. The number of carbonyl (C=O) groups excluding carboxylic acids is 1. The van der Waals surface area contributed by atoms with Gasteiger partial charge < -0.3 is 25.2 Å². The van der Waals surface area contributed by atoms with Crippen LogP contribution in [0.1, 0.15) is 36.3 Å². The van der Waals surface area contributed by atoms with Crippen molar-refractivity contribution in [2.45, 2.75) is 31.5 Å². The maximum absolute atomic E-state index is 12.8. The number of terminal acetylenes is 1. The molecular weight excluding hydrogens is 452 g/mol. The second kappa shape index (κ2) is 13.1. The van der Waals surface area contributed by atoms with Gasteiger partial charge in [-0.05, 0) is 42.7 Å². The Morgan fingerprint density at radius 1 is 1.26 bits per heavy atom. The Kier molecular flexibility index (Phi) is 9.59. The van der Waals surface area contributed by atoms with E-state index in [2.05, 4.69) is 21.5 Å². The quantitative estimate of drug-likeness (QED) is 0.183. The predicted octanol–water partition coefficient (Wildman–Crippen LogP) is 2.70. The van der Waals surface area contributed by atoms with Gasteiger partial charge in [-0.25, -0.2) is 4.98 Å². The fraction of sp³-hybridized carbons (Fsp3) is 0.360. The van der Waals surface area contributed by atoms with Crippen LogP contribution in [0.3, 0.4) is 0 Å². The van der Waals surface area contributed by atoms with E-state index in [9.17, 15) is 14.9 Å². The zero-order valence-corrected chi connectivity index (χ0v) is 19.2. The molecule has 0 radical (unpaired) electrons. The van der Waals surface area contributed by atoms with Crippen LogP contribution in [0.4, 0.5) is 11.5 Å². The van der Waals surface area contributed by atoms with Crippen molar-refractivity contribution in [3.05, 3.63) is 75.7 Å². The lowest BCUT2D eigenvalue weighted by atomic mass is 9.92. The third-order valence-electron chi connectivity index (χ3n) is 5.32. The van der Waals surface area contributed by atoms with E-state index < -0.39 is 11.2 Å². The van der Waals surface area contributed by atoms with E-state index >= 15 is 0 Å². The fourth-order valence-corrected chi connectivity index (χ4v) is 3.46. The van der Waals surface area contributed by atoms with Gasteiger partial charge in [0.1, 0.15) is 12.0 Å². The molecule has 3 rings (SSSR count). The smallest absolute Gasteiger partial charge is 0.287 e. The van der Waals surface area contributed by atoms with Crippen molar-refractivity contribution in [2.75, 3.05) is 31.6 Å². The molecule has 1 aromatic heterocycles. The molecule has 1 amide bonds. The zero-order chi connectivity index (χ0) is 25.0. The predicted molar refractivity (Wildman–Crippen MR) is 129 cm³/mol. The Hall–Kier alpha value is -3.94. The molecule has 10 heteroatoms. The number of benzene rings is 1. The Bertz CT molecular complexity index is 1060. The molecule has 0 unspecified atom stereocenters. The number of rotatable bonds is 12. The number of unbranched alkanes of at least 4 members (excludes halogenated alkanes) is 1. The number of aliphatic hydroxyl groups is 1. The third-order valence-corrected chi connectivity index (χ3v) is 5.32. The molecule has 0 bridgehead atoms. The average molecular weight is 481 g/mol. The number of ether oxygens (including phenoxy) is 2. The van der Waals surface area contributed by atoms with Crippen LogP contribution in [0.5, 0.6) is 0 Å². The van der Waals surface area contributed by atoms with Crippen LogP contribution in [-0.4, -0.2) is 53.5 Å². The molecule has 0 fully saturated rings. The van der Waals surface area contributed by atoms with Crippen molar-refractivity contribution >= 4 is 17.4 Å². The number of hydrogen-bond acceptors (Lipinski definition) is 8. The molecule has 0 saturated heterocycles. The largest absolute Gasteiger partial charge is 0.459 e. The van der Waals surface area contributed by atoms with E-state index in [4.69, 9.17) is 21.0 Å². The van der Waals surface area contributed by atoms with E-state index in [1.165, 1.54) is 18.3 Å². The monoisotopic (exact) mass is 480 g/mol. The van der Waals surface area contributed by atoms with Crippen LogP contribution in [0.15, 0.2) is 54.4 Å². The summed E-state index contributed by atoms with van der Waals surface area (Å²) in [6.45, 7) is 1.15. The van der Waals surface area contributed by atoms with Gasteiger partial charge in [-0.1, -0.05) is 18.1 Å². The van der Waals surface area contributed by atoms with Crippen molar-refractivity contribution in [1.82, 2.24) is 10.3 Å². The number of anilines is 1. The summed E-state index contributed by atoms with van der Waals surface area (Å²) < 4.78 is 11.6. The number of pyridine rings is 1. The van der Waals surface area contributed by atoms with E-state index in [1.54, 1.807) is 6.08 Å². The molecule has 1 aliphatic rings. The minimum Gasteiger partial charge on any atom is -0.459 e. The first-order valence-electron chi connectivity index (χ1n) is 11.3. The summed E-state index contributed by atoms with van der Waals surface area (Å²) in [5.41, 5.74) is 1.67. The van der Waals surface area contributed by atoms with Gasteiger partial charge in [0.15, 0.2) is 5.76 Å². The minimum absolute atomic E-state index is 0.0933. The van der Waals surface area contributed by atoms with Crippen LogP contribution in [0.2, 0.25) is 0 Å². The van der Waals surface area contributed by atoms with Gasteiger partial charge in [-0.3, -0.25) is 14.9 Å². The summed E-state index contributed by atoms with van der Waals surface area (Å²) in [4.78, 5) is 26.9. The minimum atomic E-state index is -0.598. The summed E-state index contributed by atoms with van der Waals surface area (Å²) >= 11 is 0. The van der Waals surface area contributed by atoms with Gasteiger partial charge in [0.25, 0.3) is 11.6 Å². The highest BCUT2D eigenvalue weighted by Crippen LogP contribution is 2.31. The van der Waals surface area contributed by atoms with Crippen LogP contribution >= 0.6 is 0 Å². The zero-order valence-electron chi connectivity index (χ0n) is 19.2. The van der Waals surface area contributed by atoms with Crippen LogP contribution in [0, 0.1) is 22.5 Å². The first-order valence-corrected chi connectivity index (χ1v) is 11.3. The molecule has 184 valence electrons. The molecule has 0 saturated carbocycles. The molecule has 0 aliphatic carbocycles. The Morgan fingerprint density at radius 2 is 2.06 bits per heavy atom. The fourth-order valence-electron chi connectivity index (χ4n) is 3.46. The van der Waals surface area contributed by atoms with Crippen molar-refractivity contribution < 1.29 is 24.3 Å². The van der Waals surface area contributed by atoms with Gasteiger partial charge in [0.05, 0.1) is 11.5 Å².